The van der Waals surface area contributed by atoms with Crippen molar-refractivity contribution in [3.05, 3.63) is 0 Å². The number of amides is 3. The summed E-state index contributed by atoms with van der Waals surface area (Å²) in [5.74, 6) is -0.662. The number of aliphatic hydroxyl groups excluding tert-OH is 3. The number of primary amides is 1. The molecule has 2 saturated heterocycles. The Morgan fingerprint density at radius 1 is 1.34 bits per heavy atom. The third-order valence-electron chi connectivity index (χ3n) is 5.63. The Kier molecular flexibility index (Phi) is 7.35. The molecule has 3 aliphatic rings. The van der Waals surface area contributed by atoms with Crippen LogP contribution in [0.15, 0.2) is 4.99 Å². The van der Waals surface area contributed by atoms with Crippen molar-refractivity contribution in [1.29, 1.82) is 0 Å². The van der Waals surface area contributed by atoms with E-state index < -0.39 is 67.4 Å². The second-order valence-electron chi connectivity index (χ2n) is 7.78. The summed E-state index contributed by atoms with van der Waals surface area (Å²) in [4.78, 5) is 40.9. The summed E-state index contributed by atoms with van der Waals surface area (Å²) in [5.41, 5.74) is 4.97. The Morgan fingerprint density at radius 3 is 2.69 bits per heavy atom. The van der Waals surface area contributed by atoms with Crippen LogP contribution in [0.1, 0.15) is 0 Å². The van der Waals surface area contributed by atoms with E-state index in [-0.39, 0.29) is 25.0 Å². The van der Waals surface area contributed by atoms with Gasteiger partial charge in [0, 0.05) is 13.6 Å². The highest BCUT2D eigenvalue weighted by molar-refractivity contribution is 5.92. The van der Waals surface area contributed by atoms with E-state index in [2.05, 4.69) is 26.3 Å². The van der Waals surface area contributed by atoms with Gasteiger partial charge in [-0.25, -0.2) is 9.79 Å². The van der Waals surface area contributed by atoms with Gasteiger partial charge in [0.15, 0.2) is 18.2 Å². The summed E-state index contributed by atoms with van der Waals surface area (Å²) in [5, 5.41) is 42.4. The van der Waals surface area contributed by atoms with Gasteiger partial charge in [-0.05, 0) is 7.05 Å². The lowest BCUT2D eigenvalue weighted by Crippen LogP contribution is -2.69. The highest BCUT2D eigenvalue weighted by Gasteiger charge is 2.49. The van der Waals surface area contributed by atoms with Crippen molar-refractivity contribution in [2.24, 2.45) is 10.7 Å². The molecule has 0 aromatic rings. The fourth-order valence-corrected chi connectivity index (χ4v) is 3.92. The zero-order valence-electron chi connectivity index (χ0n) is 17.6. The molecule has 3 rings (SSSR count). The number of fused-ring (bicyclic) bond motifs is 1. The molecule has 15 heteroatoms. The maximum absolute atomic E-state index is 12.4. The molecule has 0 aromatic heterocycles. The molecule has 8 atom stereocenters. The van der Waals surface area contributed by atoms with E-state index in [1.54, 1.807) is 7.05 Å². The minimum Gasteiger partial charge on any atom is -0.447 e. The maximum atomic E-state index is 12.4. The largest absolute Gasteiger partial charge is 0.447 e. The minimum absolute atomic E-state index is 0.0353. The fraction of sp³-hybridized carbons (Fsp3) is 0.765. The van der Waals surface area contributed by atoms with Gasteiger partial charge in [-0.2, -0.15) is 0 Å². The van der Waals surface area contributed by atoms with Crippen molar-refractivity contribution >= 4 is 23.9 Å². The SMILES string of the molecule is CNCC(=O)N(C)C1C(NC2=N[C@@H]3C(=O)NC[C@@H](O)[C@H]3N2)OC(COC(N)=O)C(O)C1O. The number of ether oxygens (including phenoxy) is 2. The first-order valence-corrected chi connectivity index (χ1v) is 10.0. The molecule has 5 unspecified atom stereocenters. The molecule has 15 nitrogen and oxygen atoms in total. The summed E-state index contributed by atoms with van der Waals surface area (Å²) < 4.78 is 10.5. The van der Waals surface area contributed by atoms with Gasteiger partial charge in [-0.15, -0.1) is 0 Å². The van der Waals surface area contributed by atoms with Gasteiger partial charge in [0.25, 0.3) is 0 Å². The minimum atomic E-state index is -1.50. The smallest absolute Gasteiger partial charge is 0.404 e. The van der Waals surface area contributed by atoms with E-state index in [1.807, 2.05) is 0 Å². The number of nitrogens with two attached hydrogens (primary N) is 1. The van der Waals surface area contributed by atoms with Crippen LogP contribution in [-0.4, -0.2) is 127 Å². The van der Waals surface area contributed by atoms with Crippen LogP contribution in [-0.2, 0) is 19.1 Å². The lowest BCUT2D eigenvalue weighted by molar-refractivity contribution is -0.215. The molecular formula is C17H29N7O8. The Balaban J connectivity index is 1.82. The summed E-state index contributed by atoms with van der Waals surface area (Å²) in [6.07, 6.45) is -7.27. The zero-order valence-corrected chi connectivity index (χ0v) is 17.6. The number of carbonyl (C=O) groups is 3. The molecule has 3 amide bonds. The van der Waals surface area contributed by atoms with E-state index in [4.69, 9.17) is 15.2 Å². The standard InChI is InChI=1S/C17H29N7O8/c1-19-4-8(26)24(2)11-13(28)12(27)7(5-31-16(18)30)32-15(11)23-17-21-9-6(25)3-20-14(29)10(9)22-17/h6-7,9-13,15,19,25,27-28H,3-5H2,1-2H3,(H2,18,30)(H,20,29)(H2,21,22,23)/t6-,7?,9-,10+,11?,12?,13?,15?/m1/s1. The number of rotatable bonds is 6. The van der Waals surface area contributed by atoms with Crippen molar-refractivity contribution < 1.29 is 39.2 Å². The van der Waals surface area contributed by atoms with Crippen molar-refractivity contribution in [3.63, 3.8) is 0 Å². The number of hydrogen-bond donors (Lipinski definition) is 8. The van der Waals surface area contributed by atoms with Gasteiger partial charge >= 0.3 is 6.09 Å². The van der Waals surface area contributed by atoms with Crippen LogP contribution in [0.4, 0.5) is 4.79 Å². The molecule has 3 heterocycles. The summed E-state index contributed by atoms with van der Waals surface area (Å²) in [6.45, 7) is -0.414. The highest BCUT2D eigenvalue weighted by Crippen LogP contribution is 2.25. The molecule has 0 aromatic carbocycles. The predicted octanol–water partition coefficient (Wildman–Crippen LogP) is -5.65. The number of likely N-dealkylation sites (N-methyl/N-ethyl adjacent to an activating group) is 2. The monoisotopic (exact) mass is 459 g/mol. The molecule has 9 N–H and O–H groups in total. The normalized spacial score (nSPS) is 36.3. The molecular weight excluding hydrogens is 430 g/mol. The van der Waals surface area contributed by atoms with Gasteiger partial charge in [-0.1, -0.05) is 0 Å². The molecule has 0 spiro atoms. The van der Waals surface area contributed by atoms with Crippen LogP contribution in [0.5, 0.6) is 0 Å². The van der Waals surface area contributed by atoms with E-state index in [9.17, 15) is 29.7 Å². The number of β-amino-alcohol motifs (C(OH)–C–C–N with tert-alkyl or cyclic N) is 1. The third kappa shape index (κ3) is 4.86. The second-order valence-corrected chi connectivity index (χ2v) is 7.78. The topological polar surface area (TPSA) is 220 Å². The van der Waals surface area contributed by atoms with Crippen molar-refractivity contribution in [2.45, 2.75) is 48.8 Å². The van der Waals surface area contributed by atoms with Crippen LogP contribution < -0.4 is 27.0 Å². The Morgan fingerprint density at radius 2 is 2.06 bits per heavy atom. The average molecular weight is 459 g/mol. The van der Waals surface area contributed by atoms with Crippen molar-refractivity contribution in [1.82, 2.24) is 26.2 Å². The summed E-state index contributed by atoms with van der Waals surface area (Å²) >= 11 is 0. The van der Waals surface area contributed by atoms with Crippen LogP contribution in [0.2, 0.25) is 0 Å². The number of piperidine rings is 1. The molecule has 0 saturated carbocycles. The number of aliphatic imine (C=N–C) groups is 1. The summed E-state index contributed by atoms with van der Waals surface area (Å²) in [7, 11) is 3.01. The Labute approximate surface area is 183 Å². The van der Waals surface area contributed by atoms with E-state index in [0.29, 0.717) is 0 Å². The molecule has 0 radical (unpaired) electrons. The Hall–Kier alpha value is -2.72. The molecule has 0 aliphatic carbocycles. The van der Waals surface area contributed by atoms with Gasteiger partial charge < -0.3 is 56.7 Å². The first-order valence-electron chi connectivity index (χ1n) is 10.0. The van der Waals surface area contributed by atoms with E-state index >= 15 is 0 Å². The first-order chi connectivity index (χ1) is 15.1. The number of nitrogens with zero attached hydrogens (tertiary/aromatic N) is 2. The van der Waals surface area contributed by atoms with Crippen LogP contribution in [0.25, 0.3) is 0 Å². The molecule has 0 bridgehead atoms. The highest BCUT2D eigenvalue weighted by atomic mass is 16.6. The Bertz CT molecular complexity index is 767. The van der Waals surface area contributed by atoms with Crippen LogP contribution in [0.3, 0.4) is 0 Å². The van der Waals surface area contributed by atoms with Gasteiger partial charge in [0.05, 0.1) is 18.7 Å². The quantitative estimate of drug-likeness (QED) is 0.187. The number of hydrogen-bond acceptors (Lipinski definition) is 12. The first kappa shape index (κ1) is 23.9. The molecule has 2 fully saturated rings. The summed E-state index contributed by atoms with van der Waals surface area (Å²) in [6, 6.07) is -2.63. The lowest BCUT2D eigenvalue weighted by Gasteiger charge is -2.46. The zero-order chi connectivity index (χ0) is 23.6. The van der Waals surface area contributed by atoms with Crippen LogP contribution in [0, 0.1) is 0 Å². The second kappa shape index (κ2) is 9.83. The average Bonchev–Trinajstić information content (AvgIpc) is 3.17. The van der Waals surface area contributed by atoms with Crippen molar-refractivity contribution in [3.8, 4) is 0 Å². The number of carbonyl (C=O) groups excluding carboxylic acids is 3. The molecule has 180 valence electrons. The fourth-order valence-electron chi connectivity index (χ4n) is 3.92. The predicted molar refractivity (Wildman–Crippen MR) is 107 cm³/mol. The van der Waals surface area contributed by atoms with E-state index in [0.717, 1.165) is 0 Å². The molecule has 3 aliphatic heterocycles. The third-order valence-corrected chi connectivity index (χ3v) is 5.63. The van der Waals surface area contributed by atoms with Gasteiger partial charge in [0.2, 0.25) is 11.8 Å². The molecule has 32 heavy (non-hydrogen) atoms. The maximum Gasteiger partial charge on any atom is 0.404 e. The van der Waals surface area contributed by atoms with E-state index in [1.165, 1.54) is 11.9 Å². The lowest BCUT2D eigenvalue weighted by atomic mass is 9.94. The van der Waals surface area contributed by atoms with Crippen molar-refractivity contribution in [2.75, 3.05) is 33.8 Å². The number of guanidine groups is 1. The van der Waals surface area contributed by atoms with Gasteiger partial charge in [-0.3, -0.25) is 9.59 Å². The van der Waals surface area contributed by atoms with Crippen LogP contribution >= 0.6 is 0 Å². The van der Waals surface area contributed by atoms with Gasteiger partial charge in [0.1, 0.15) is 31.0 Å². The number of aliphatic hydroxyl groups is 3. The number of nitrogens with one attached hydrogen (secondary N) is 4.